The van der Waals surface area contributed by atoms with Crippen LogP contribution in [0, 0.1) is 0 Å². The first-order valence-electron chi connectivity index (χ1n) is 4.88. The lowest BCUT2D eigenvalue weighted by atomic mass is 10.3. The van der Waals surface area contributed by atoms with Crippen molar-refractivity contribution in [3.63, 3.8) is 0 Å². The van der Waals surface area contributed by atoms with Gasteiger partial charge < -0.3 is 0 Å². The molecule has 3 rings (SSSR count). The number of halogens is 1. The zero-order valence-electron chi connectivity index (χ0n) is 8.58. The van der Waals surface area contributed by atoms with Gasteiger partial charge in [-0.25, -0.2) is 4.68 Å². The topological polar surface area (TPSA) is 72.3 Å². The normalized spacial score (nSPS) is 10.6. The maximum absolute atomic E-state index is 5.82. The molecule has 7 heteroatoms. The molecule has 0 aliphatic carbocycles. The van der Waals surface area contributed by atoms with Gasteiger partial charge in [0, 0.05) is 11.2 Å². The molecule has 0 spiro atoms. The monoisotopic (exact) mass is 246 g/mol. The summed E-state index contributed by atoms with van der Waals surface area (Å²) in [5.74, 6) is 0.470. The molecule has 0 aliphatic heterocycles. The van der Waals surface area contributed by atoms with Crippen LogP contribution in [0.1, 0.15) is 0 Å². The van der Waals surface area contributed by atoms with E-state index in [1.54, 1.807) is 4.68 Å². The lowest BCUT2D eigenvalue weighted by molar-refractivity contribution is 0.880. The number of hydrogen-bond donors (Lipinski definition) is 1. The average molecular weight is 247 g/mol. The van der Waals surface area contributed by atoms with Crippen LogP contribution >= 0.6 is 11.6 Å². The summed E-state index contributed by atoms with van der Waals surface area (Å²) in [6, 6.07) is 9.21. The molecule has 2 heterocycles. The fourth-order valence-electron chi connectivity index (χ4n) is 1.45. The van der Waals surface area contributed by atoms with E-state index in [-0.39, 0.29) is 0 Å². The molecule has 0 bridgehead atoms. The van der Waals surface area contributed by atoms with Gasteiger partial charge >= 0.3 is 0 Å². The van der Waals surface area contributed by atoms with Crippen molar-refractivity contribution in [2.45, 2.75) is 0 Å². The number of nitrogens with zero attached hydrogens (tertiary/aromatic N) is 5. The molecule has 0 fully saturated rings. The van der Waals surface area contributed by atoms with Gasteiger partial charge in [0.25, 0.3) is 0 Å². The number of H-pyrrole nitrogens is 1. The lowest BCUT2D eigenvalue weighted by Gasteiger charge is -2.00. The van der Waals surface area contributed by atoms with E-state index in [4.69, 9.17) is 11.6 Å². The molecular formula is C10H7ClN6. The van der Waals surface area contributed by atoms with Crippen molar-refractivity contribution >= 4 is 11.6 Å². The molecule has 6 nitrogen and oxygen atoms in total. The predicted octanol–water partition coefficient (Wildman–Crippen LogP) is 1.71. The van der Waals surface area contributed by atoms with Gasteiger partial charge in [-0.1, -0.05) is 11.6 Å². The highest BCUT2D eigenvalue weighted by atomic mass is 35.5. The Morgan fingerprint density at radius 1 is 1.12 bits per heavy atom. The average Bonchev–Trinajstić information content (AvgIpc) is 3.00. The molecular weight excluding hydrogens is 240 g/mol. The molecule has 3 aromatic rings. The summed E-state index contributed by atoms with van der Waals surface area (Å²) in [5.41, 5.74) is 1.58. The summed E-state index contributed by atoms with van der Waals surface area (Å²) < 4.78 is 1.72. The molecule has 0 atom stereocenters. The second-order valence-electron chi connectivity index (χ2n) is 3.36. The van der Waals surface area contributed by atoms with Crippen molar-refractivity contribution in [2.24, 2.45) is 0 Å². The van der Waals surface area contributed by atoms with Crippen molar-refractivity contribution in [1.29, 1.82) is 0 Å². The fraction of sp³-hybridized carbons (Fsp3) is 0. The van der Waals surface area contributed by atoms with Crippen LogP contribution in [0.3, 0.4) is 0 Å². The van der Waals surface area contributed by atoms with Crippen LogP contribution in [0.2, 0.25) is 5.02 Å². The predicted molar refractivity (Wildman–Crippen MR) is 61.7 cm³/mol. The van der Waals surface area contributed by atoms with Crippen LogP contribution in [0.25, 0.3) is 17.2 Å². The lowest BCUT2D eigenvalue weighted by Crippen LogP contribution is -1.94. The van der Waals surface area contributed by atoms with Gasteiger partial charge in [-0.05, 0) is 35.5 Å². The third-order valence-electron chi connectivity index (χ3n) is 2.25. The molecule has 0 unspecified atom stereocenters. The van der Waals surface area contributed by atoms with Crippen molar-refractivity contribution in [3.8, 4) is 17.2 Å². The highest BCUT2D eigenvalue weighted by Gasteiger charge is 2.07. The molecule has 0 saturated carbocycles. The van der Waals surface area contributed by atoms with Crippen LogP contribution in [-0.2, 0) is 0 Å². The van der Waals surface area contributed by atoms with E-state index in [1.807, 2.05) is 36.5 Å². The van der Waals surface area contributed by atoms with Crippen molar-refractivity contribution in [3.05, 3.63) is 41.6 Å². The summed E-state index contributed by atoms with van der Waals surface area (Å²) in [6.07, 6.45) is 1.83. The number of nitrogens with one attached hydrogen (secondary N) is 1. The van der Waals surface area contributed by atoms with Crippen LogP contribution in [0.5, 0.6) is 0 Å². The largest absolute Gasteiger partial charge is 0.240 e. The van der Waals surface area contributed by atoms with Gasteiger partial charge in [-0.3, -0.25) is 0 Å². The zero-order chi connectivity index (χ0) is 11.7. The van der Waals surface area contributed by atoms with Gasteiger partial charge in [-0.2, -0.15) is 10.3 Å². The molecule has 0 radical (unpaired) electrons. The maximum Gasteiger partial charge on any atom is 0.224 e. The minimum absolute atomic E-state index is 0.470. The molecule has 84 valence electrons. The smallest absolute Gasteiger partial charge is 0.224 e. The van der Waals surface area contributed by atoms with Gasteiger partial charge in [0.15, 0.2) is 0 Å². The molecule has 0 aliphatic rings. The SMILES string of the molecule is Clc1ccc(-n2ccc(-c3nn[nH]n3)n2)cc1. The Morgan fingerprint density at radius 3 is 2.65 bits per heavy atom. The summed E-state index contributed by atoms with van der Waals surface area (Å²) in [7, 11) is 0. The minimum Gasteiger partial charge on any atom is -0.240 e. The first kappa shape index (κ1) is 9.98. The number of aromatic amines is 1. The molecule has 0 saturated heterocycles. The Kier molecular flexibility index (Phi) is 2.34. The Bertz CT molecular complexity index is 613. The second kappa shape index (κ2) is 3.99. The number of aromatic nitrogens is 6. The van der Waals surface area contributed by atoms with E-state index in [0.717, 1.165) is 5.69 Å². The summed E-state index contributed by atoms with van der Waals surface area (Å²) >= 11 is 5.82. The van der Waals surface area contributed by atoms with E-state index < -0.39 is 0 Å². The van der Waals surface area contributed by atoms with Crippen molar-refractivity contribution in [2.75, 3.05) is 0 Å². The van der Waals surface area contributed by atoms with Crippen LogP contribution in [-0.4, -0.2) is 30.4 Å². The van der Waals surface area contributed by atoms with Crippen LogP contribution in [0.4, 0.5) is 0 Å². The molecule has 17 heavy (non-hydrogen) atoms. The summed E-state index contributed by atoms with van der Waals surface area (Å²) in [6.45, 7) is 0. The second-order valence-corrected chi connectivity index (χ2v) is 3.79. The third-order valence-corrected chi connectivity index (χ3v) is 2.51. The highest BCUT2D eigenvalue weighted by Crippen LogP contribution is 2.15. The van der Waals surface area contributed by atoms with Crippen LogP contribution in [0.15, 0.2) is 36.5 Å². The molecule has 0 amide bonds. The Morgan fingerprint density at radius 2 is 1.94 bits per heavy atom. The van der Waals surface area contributed by atoms with Crippen molar-refractivity contribution < 1.29 is 0 Å². The number of benzene rings is 1. The van der Waals surface area contributed by atoms with E-state index in [0.29, 0.717) is 16.5 Å². The van der Waals surface area contributed by atoms with Gasteiger partial charge in [0.1, 0.15) is 5.69 Å². The Balaban J connectivity index is 1.98. The number of rotatable bonds is 2. The fourth-order valence-corrected chi connectivity index (χ4v) is 1.58. The highest BCUT2D eigenvalue weighted by molar-refractivity contribution is 6.30. The standard InChI is InChI=1S/C10H7ClN6/c11-7-1-3-8(4-2-7)17-6-5-9(14-17)10-12-15-16-13-10/h1-6H,(H,12,13,15,16). The van der Waals surface area contributed by atoms with Gasteiger partial charge in [-0.15, -0.1) is 10.2 Å². The molecule has 1 N–H and O–H groups in total. The van der Waals surface area contributed by atoms with E-state index in [9.17, 15) is 0 Å². The van der Waals surface area contributed by atoms with Crippen molar-refractivity contribution in [1.82, 2.24) is 30.4 Å². The Hall–Kier alpha value is -2.21. The molecule has 1 aromatic carbocycles. The zero-order valence-corrected chi connectivity index (χ0v) is 9.33. The maximum atomic E-state index is 5.82. The van der Waals surface area contributed by atoms with E-state index in [1.165, 1.54) is 0 Å². The quantitative estimate of drug-likeness (QED) is 0.747. The summed E-state index contributed by atoms with van der Waals surface area (Å²) in [5, 5.41) is 18.6. The minimum atomic E-state index is 0.470. The van der Waals surface area contributed by atoms with Gasteiger partial charge in [0.05, 0.1) is 5.69 Å². The third kappa shape index (κ3) is 1.90. The summed E-state index contributed by atoms with van der Waals surface area (Å²) in [4.78, 5) is 0. The van der Waals surface area contributed by atoms with E-state index >= 15 is 0 Å². The Labute approximate surface area is 101 Å². The number of tetrazole rings is 1. The molecule has 2 aromatic heterocycles. The number of hydrogen-bond acceptors (Lipinski definition) is 4. The van der Waals surface area contributed by atoms with Crippen LogP contribution < -0.4 is 0 Å². The first-order chi connectivity index (χ1) is 8.33. The van der Waals surface area contributed by atoms with Gasteiger partial charge in [0.2, 0.25) is 5.82 Å². The van der Waals surface area contributed by atoms with E-state index in [2.05, 4.69) is 25.7 Å². The first-order valence-corrected chi connectivity index (χ1v) is 5.26.